The average Bonchev–Trinajstić information content (AvgIpc) is 1.65. The third-order valence-corrected chi connectivity index (χ3v) is 0.786. The van der Waals surface area contributed by atoms with Crippen LogP contribution >= 0.6 is 22.6 Å². The first-order valence-corrected chi connectivity index (χ1v) is 2.54. The number of rotatable bonds is 1. The molecule has 0 amide bonds. The molecule has 0 aliphatic carbocycles. The molecule has 3 nitrogen and oxygen atoms in total. The van der Waals surface area contributed by atoms with E-state index in [-0.39, 0.29) is 0 Å². The molecule has 40 valence electrons. The quantitative estimate of drug-likeness (QED) is 0.269. The van der Waals surface area contributed by atoms with Crippen LogP contribution in [0.3, 0.4) is 0 Å². The van der Waals surface area contributed by atoms with Gasteiger partial charge in [0.05, 0.1) is 7.11 Å². The first-order chi connectivity index (χ1) is 3.18. The zero-order chi connectivity index (χ0) is 5.86. The summed E-state index contributed by atoms with van der Waals surface area (Å²) >= 11 is 1.36. The maximum Gasteiger partial charge on any atom is 0.385 e. The Hall–Kier alpha value is -0.130. The van der Waals surface area contributed by atoms with Crippen LogP contribution < -0.4 is 0 Å². The summed E-state index contributed by atoms with van der Waals surface area (Å²) in [4.78, 5) is 19.8. The molecule has 0 saturated carbocycles. The van der Waals surface area contributed by atoms with Crippen molar-refractivity contribution in [1.82, 2.24) is 0 Å². The van der Waals surface area contributed by atoms with E-state index in [2.05, 4.69) is 4.74 Å². The predicted octanol–water partition coefficient (Wildman–Crippen LogP) is 0.121. The largest absolute Gasteiger partial charge is 0.463 e. The Morgan fingerprint density at radius 1 is 1.57 bits per heavy atom. The van der Waals surface area contributed by atoms with Crippen LogP contribution in [0, 0.1) is 0 Å². The van der Waals surface area contributed by atoms with Gasteiger partial charge in [-0.3, -0.25) is 4.79 Å². The molecule has 0 saturated heterocycles. The van der Waals surface area contributed by atoms with Gasteiger partial charge in [0.15, 0.2) is 0 Å². The van der Waals surface area contributed by atoms with E-state index in [0.29, 0.717) is 0 Å². The number of esters is 1. The van der Waals surface area contributed by atoms with Gasteiger partial charge in [-0.25, -0.2) is 4.79 Å². The summed E-state index contributed by atoms with van der Waals surface area (Å²) in [5.41, 5.74) is 0. The summed E-state index contributed by atoms with van der Waals surface area (Å²) in [5, 5.41) is 0. The zero-order valence-corrected chi connectivity index (χ0v) is 5.76. The number of ether oxygens (including phenoxy) is 1. The van der Waals surface area contributed by atoms with E-state index in [4.69, 9.17) is 0 Å². The minimum atomic E-state index is -0.805. The number of carbonyl (C=O) groups excluding carboxylic acids is 2. The van der Waals surface area contributed by atoms with Crippen molar-refractivity contribution < 1.29 is 14.3 Å². The minimum Gasteiger partial charge on any atom is -0.463 e. The second-order valence-corrected chi connectivity index (χ2v) is 1.75. The molecule has 0 N–H and O–H groups in total. The molecule has 0 rings (SSSR count). The topological polar surface area (TPSA) is 43.4 Å². The van der Waals surface area contributed by atoms with E-state index in [9.17, 15) is 9.59 Å². The SMILES string of the molecule is COC(=O)C(=O)I. The van der Waals surface area contributed by atoms with Gasteiger partial charge in [0.25, 0.3) is 3.79 Å². The fraction of sp³-hybridized carbons (Fsp3) is 0.333. The molecule has 0 aliphatic heterocycles. The van der Waals surface area contributed by atoms with Crippen molar-refractivity contribution in [2.45, 2.75) is 0 Å². The molecule has 0 unspecified atom stereocenters. The molecular weight excluding hydrogens is 211 g/mol. The molecule has 0 aromatic carbocycles. The second-order valence-electron chi connectivity index (χ2n) is 0.765. The van der Waals surface area contributed by atoms with Gasteiger partial charge in [-0.2, -0.15) is 0 Å². The Bertz CT molecular complexity index is 98.4. The molecule has 0 fully saturated rings. The van der Waals surface area contributed by atoms with Crippen LogP contribution in [0.4, 0.5) is 0 Å². The van der Waals surface area contributed by atoms with Gasteiger partial charge in [-0.15, -0.1) is 0 Å². The Morgan fingerprint density at radius 3 is 2.00 bits per heavy atom. The van der Waals surface area contributed by atoms with Gasteiger partial charge in [0, 0.05) is 22.6 Å². The molecule has 0 atom stereocenters. The average molecular weight is 214 g/mol. The summed E-state index contributed by atoms with van der Waals surface area (Å²) in [5.74, 6) is -0.805. The zero-order valence-electron chi connectivity index (χ0n) is 3.60. The first kappa shape index (κ1) is 6.87. The molecule has 0 spiro atoms. The first-order valence-electron chi connectivity index (χ1n) is 1.46. The van der Waals surface area contributed by atoms with Crippen molar-refractivity contribution in [2.75, 3.05) is 7.11 Å². The monoisotopic (exact) mass is 214 g/mol. The maximum absolute atomic E-state index is 9.93. The van der Waals surface area contributed by atoms with E-state index in [1.54, 1.807) is 0 Å². The number of carbonyl (C=O) groups is 2. The van der Waals surface area contributed by atoms with E-state index >= 15 is 0 Å². The molecule has 4 heteroatoms. The van der Waals surface area contributed by atoms with Gasteiger partial charge in [0.1, 0.15) is 0 Å². The molecule has 0 bridgehead atoms. The van der Waals surface area contributed by atoms with Crippen molar-refractivity contribution in [2.24, 2.45) is 0 Å². The summed E-state index contributed by atoms with van der Waals surface area (Å²) < 4.78 is 3.42. The van der Waals surface area contributed by atoms with E-state index in [0.717, 1.165) is 0 Å². The van der Waals surface area contributed by atoms with E-state index in [1.165, 1.54) is 29.7 Å². The lowest BCUT2D eigenvalue weighted by Gasteiger charge is -1.85. The molecule has 0 radical (unpaired) electrons. The van der Waals surface area contributed by atoms with Gasteiger partial charge >= 0.3 is 5.97 Å². The van der Waals surface area contributed by atoms with Gasteiger partial charge < -0.3 is 4.74 Å². The lowest BCUT2D eigenvalue weighted by molar-refractivity contribution is -0.146. The Kier molecular flexibility index (Phi) is 2.89. The van der Waals surface area contributed by atoms with Crippen molar-refractivity contribution in [1.29, 1.82) is 0 Å². The van der Waals surface area contributed by atoms with Crippen LogP contribution in [0.2, 0.25) is 0 Å². The Labute approximate surface area is 54.2 Å². The fourth-order valence-electron chi connectivity index (χ4n) is 0.0802. The fourth-order valence-corrected chi connectivity index (χ4v) is 0.300. The number of methoxy groups -OCH3 is 1. The highest BCUT2D eigenvalue weighted by molar-refractivity contribution is 14.1. The van der Waals surface area contributed by atoms with Crippen molar-refractivity contribution in [3.8, 4) is 0 Å². The maximum atomic E-state index is 9.93. The highest BCUT2D eigenvalue weighted by atomic mass is 127. The van der Waals surface area contributed by atoms with Crippen molar-refractivity contribution in [3.05, 3.63) is 0 Å². The normalized spacial score (nSPS) is 7.71. The number of hydrogen-bond donors (Lipinski definition) is 0. The highest BCUT2D eigenvalue weighted by Crippen LogP contribution is 1.85. The van der Waals surface area contributed by atoms with Crippen LogP contribution in [0.1, 0.15) is 0 Å². The standard InChI is InChI=1S/C3H3IO3/c1-7-3(6)2(4)5/h1H3. The van der Waals surface area contributed by atoms with E-state index in [1.807, 2.05) is 0 Å². The smallest absolute Gasteiger partial charge is 0.385 e. The van der Waals surface area contributed by atoms with Crippen LogP contribution in [0.25, 0.3) is 0 Å². The molecule has 0 aromatic heterocycles. The molecule has 0 heterocycles. The van der Waals surface area contributed by atoms with Crippen LogP contribution in [-0.4, -0.2) is 16.9 Å². The molecular formula is C3H3IO3. The summed E-state index contributed by atoms with van der Waals surface area (Å²) in [6.45, 7) is 0. The number of halogens is 1. The van der Waals surface area contributed by atoms with E-state index < -0.39 is 9.76 Å². The predicted molar refractivity (Wildman–Crippen MR) is 31.0 cm³/mol. The summed E-state index contributed by atoms with van der Waals surface area (Å²) in [6, 6.07) is 0. The second kappa shape index (κ2) is 2.95. The van der Waals surface area contributed by atoms with Gasteiger partial charge in [0.2, 0.25) is 0 Å². The van der Waals surface area contributed by atoms with Gasteiger partial charge in [-0.1, -0.05) is 0 Å². The van der Waals surface area contributed by atoms with Crippen molar-refractivity contribution in [3.63, 3.8) is 0 Å². The van der Waals surface area contributed by atoms with Crippen LogP contribution in [-0.2, 0) is 14.3 Å². The Morgan fingerprint density at radius 2 is 2.00 bits per heavy atom. The third kappa shape index (κ3) is 2.55. The minimum absolute atomic E-state index is 0.597. The lowest BCUT2D eigenvalue weighted by atomic mass is 10.8. The molecule has 0 aliphatic rings. The summed E-state index contributed by atoms with van der Waals surface area (Å²) in [6.07, 6.45) is 0. The lowest BCUT2D eigenvalue weighted by Crippen LogP contribution is -2.07. The molecule has 7 heavy (non-hydrogen) atoms. The van der Waals surface area contributed by atoms with Crippen LogP contribution in [0.15, 0.2) is 0 Å². The van der Waals surface area contributed by atoms with Crippen LogP contribution in [0.5, 0.6) is 0 Å². The summed E-state index contributed by atoms with van der Waals surface area (Å²) in [7, 11) is 1.17. The molecule has 0 aromatic rings. The third-order valence-electron chi connectivity index (χ3n) is 0.346. The highest BCUT2D eigenvalue weighted by Gasteiger charge is 2.06. The van der Waals surface area contributed by atoms with Crippen molar-refractivity contribution >= 4 is 32.4 Å². The van der Waals surface area contributed by atoms with Gasteiger partial charge in [-0.05, 0) is 0 Å². The number of hydrogen-bond acceptors (Lipinski definition) is 3. The Balaban J connectivity index is 3.58.